The number of nitrogens with one attached hydrogen (secondary N) is 2. The molecule has 3 aromatic rings. The van der Waals surface area contributed by atoms with Gasteiger partial charge in [0.1, 0.15) is 0 Å². The van der Waals surface area contributed by atoms with E-state index < -0.39 is 0 Å². The van der Waals surface area contributed by atoms with E-state index in [0.717, 1.165) is 28.0 Å². The van der Waals surface area contributed by atoms with Gasteiger partial charge >= 0.3 is 0 Å². The van der Waals surface area contributed by atoms with Crippen molar-refractivity contribution in [2.75, 3.05) is 17.6 Å². The molecule has 0 aliphatic carbocycles. The lowest BCUT2D eigenvalue weighted by molar-refractivity contribution is -0.119. The molecule has 0 bridgehead atoms. The molecule has 0 radical (unpaired) electrons. The number of hydrogen-bond acceptors (Lipinski definition) is 6. The number of rotatable bonds is 9. The molecular formula is C20H22N4OS2. The molecule has 27 heavy (non-hydrogen) atoms. The van der Waals surface area contributed by atoms with Gasteiger partial charge in [-0.1, -0.05) is 83.8 Å². The summed E-state index contributed by atoms with van der Waals surface area (Å²) in [5.41, 5.74) is 2.30. The van der Waals surface area contributed by atoms with Gasteiger partial charge in [-0.05, 0) is 24.5 Å². The van der Waals surface area contributed by atoms with Crippen molar-refractivity contribution in [3.8, 4) is 0 Å². The average Bonchev–Trinajstić information content (AvgIpc) is 3.15. The zero-order valence-corrected chi connectivity index (χ0v) is 16.7. The van der Waals surface area contributed by atoms with Crippen LogP contribution >= 0.6 is 23.1 Å². The third-order valence-corrected chi connectivity index (χ3v) is 5.90. The molecule has 0 saturated heterocycles. The molecule has 0 aliphatic heterocycles. The Balaban J connectivity index is 1.61. The van der Waals surface area contributed by atoms with Gasteiger partial charge in [-0.3, -0.25) is 4.79 Å². The van der Waals surface area contributed by atoms with E-state index in [1.54, 1.807) is 0 Å². The van der Waals surface area contributed by atoms with Gasteiger partial charge in [0.25, 0.3) is 0 Å². The lowest BCUT2D eigenvalue weighted by atomic mass is 9.99. The maximum absolute atomic E-state index is 12.5. The van der Waals surface area contributed by atoms with Crippen molar-refractivity contribution in [3.05, 3.63) is 71.8 Å². The van der Waals surface area contributed by atoms with Crippen molar-refractivity contribution in [1.82, 2.24) is 15.5 Å². The molecule has 1 aromatic heterocycles. The Hall–Kier alpha value is -2.38. The molecule has 1 heterocycles. The van der Waals surface area contributed by atoms with Crippen molar-refractivity contribution < 1.29 is 4.79 Å². The predicted octanol–water partition coefficient (Wildman–Crippen LogP) is 4.16. The van der Waals surface area contributed by atoms with Crippen molar-refractivity contribution in [1.29, 1.82) is 0 Å². The average molecular weight is 399 g/mol. The first kappa shape index (κ1) is 19.4. The van der Waals surface area contributed by atoms with E-state index in [9.17, 15) is 4.79 Å². The fraction of sp³-hybridized carbons (Fsp3) is 0.250. The largest absolute Gasteiger partial charge is 0.360 e. The van der Waals surface area contributed by atoms with E-state index >= 15 is 0 Å². The van der Waals surface area contributed by atoms with Gasteiger partial charge in [-0.15, -0.1) is 10.2 Å². The summed E-state index contributed by atoms with van der Waals surface area (Å²) >= 11 is 2.88. The molecule has 3 rings (SSSR count). The van der Waals surface area contributed by atoms with Crippen LogP contribution < -0.4 is 10.6 Å². The van der Waals surface area contributed by atoms with Crippen LogP contribution in [-0.4, -0.2) is 28.4 Å². The fourth-order valence-electron chi connectivity index (χ4n) is 2.64. The van der Waals surface area contributed by atoms with Crippen LogP contribution in [0.25, 0.3) is 0 Å². The minimum atomic E-state index is -0.0616. The lowest BCUT2D eigenvalue weighted by Gasteiger charge is -2.19. The number of carbonyl (C=O) groups excluding carboxylic acids is 1. The first-order valence-electron chi connectivity index (χ1n) is 8.83. The molecule has 2 aromatic carbocycles. The molecule has 1 amide bonds. The second-order valence-corrected chi connectivity index (χ2v) is 8.11. The highest BCUT2D eigenvalue weighted by molar-refractivity contribution is 8.01. The second-order valence-electron chi connectivity index (χ2n) is 5.91. The SMILES string of the molecule is CCNc1nnc(SCC(=O)N[C@H](Cc2ccccc2)c2ccccc2)s1. The normalized spacial score (nSPS) is 11.7. The summed E-state index contributed by atoms with van der Waals surface area (Å²) in [5, 5.41) is 15.2. The number of aromatic nitrogens is 2. The van der Waals surface area contributed by atoms with Crippen LogP contribution in [0.5, 0.6) is 0 Å². The van der Waals surface area contributed by atoms with Gasteiger partial charge in [-0.2, -0.15) is 0 Å². The third-order valence-electron chi connectivity index (χ3n) is 3.88. The quantitative estimate of drug-likeness (QED) is 0.530. The molecule has 0 unspecified atom stereocenters. The maximum atomic E-state index is 12.5. The molecule has 7 heteroatoms. The Bertz CT molecular complexity index is 839. The van der Waals surface area contributed by atoms with Crippen molar-refractivity contribution >= 4 is 34.1 Å². The lowest BCUT2D eigenvalue weighted by Crippen LogP contribution is -2.31. The molecule has 0 saturated carbocycles. The van der Waals surface area contributed by atoms with Gasteiger partial charge in [-0.25, -0.2) is 0 Å². The van der Waals surface area contributed by atoms with E-state index in [1.807, 2.05) is 43.3 Å². The van der Waals surface area contributed by atoms with Crippen LogP contribution in [-0.2, 0) is 11.2 Å². The van der Waals surface area contributed by atoms with Crippen molar-refractivity contribution in [2.24, 2.45) is 0 Å². The highest BCUT2D eigenvalue weighted by atomic mass is 32.2. The highest BCUT2D eigenvalue weighted by Gasteiger charge is 2.16. The van der Waals surface area contributed by atoms with Gasteiger partial charge in [0, 0.05) is 6.54 Å². The van der Waals surface area contributed by atoms with E-state index in [0.29, 0.717) is 5.75 Å². The van der Waals surface area contributed by atoms with Crippen molar-refractivity contribution in [2.45, 2.75) is 23.7 Å². The third kappa shape index (κ3) is 6.08. The first-order chi connectivity index (χ1) is 13.2. The van der Waals surface area contributed by atoms with Gasteiger partial charge in [0.05, 0.1) is 11.8 Å². The summed E-state index contributed by atoms with van der Waals surface area (Å²) in [6.07, 6.45) is 0.755. The summed E-state index contributed by atoms with van der Waals surface area (Å²) in [4.78, 5) is 12.5. The van der Waals surface area contributed by atoms with Gasteiger partial charge < -0.3 is 10.6 Å². The molecular weight excluding hydrogens is 376 g/mol. The topological polar surface area (TPSA) is 66.9 Å². The van der Waals surface area contributed by atoms with Gasteiger partial charge in [0.2, 0.25) is 11.0 Å². The standard InChI is InChI=1S/C20H22N4OS2/c1-2-21-19-23-24-20(27-19)26-14-18(25)22-17(16-11-7-4-8-12-16)13-15-9-5-3-6-10-15/h3-12,17H,2,13-14H2,1H3,(H,21,23)(H,22,25)/t17-/m1/s1. The summed E-state index contributed by atoms with van der Waals surface area (Å²) in [7, 11) is 0. The van der Waals surface area contributed by atoms with Crippen LogP contribution in [0.2, 0.25) is 0 Å². The minimum absolute atomic E-state index is 0.00927. The van der Waals surface area contributed by atoms with E-state index in [4.69, 9.17) is 0 Å². The Labute approximate surface area is 167 Å². The van der Waals surface area contributed by atoms with Crippen LogP contribution in [0.1, 0.15) is 24.1 Å². The van der Waals surface area contributed by atoms with Crippen LogP contribution in [0.15, 0.2) is 65.0 Å². The summed E-state index contributed by atoms with van der Waals surface area (Å²) in [6.45, 7) is 2.82. The number of anilines is 1. The second kappa shape index (κ2) is 10.1. The first-order valence-corrected chi connectivity index (χ1v) is 10.6. The van der Waals surface area contributed by atoms with Crippen molar-refractivity contribution in [3.63, 3.8) is 0 Å². The molecule has 1 atom stereocenters. The number of benzene rings is 2. The fourth-order valence-corrected chi connectivity index (χ4v) is 4.27. The Morgan fingerprint density at radius 2 is 1.78 bits per heavy atom. The Kier molecular flexibility index (Phi) is 7.24. The summed E-state index contributed by atoms with van der Waals surface area (Å²) < 4.78 is 0.792. The molecule has 0 aliphatic rings. The smallest absolute Gasteiger partial charge is 0.230 e. The number of thioether (sulfide) groups is 1. The summed E-state index contributed by atoms with van der Waals surface area (Å²) in [6, 6.07) is 20.2. The maximum Gasteiger partial charge on any atom is 0.230 e. The predicted molar refractivity (Wildman–Crippen MR) is 112 cm³/mol. The number of hydrogen-bond donors (Lipinski definition) is 2. The van der Waals surface area contributed by atoms with Gasteiger partial charge in [0.15, 0.2) is 4.34 Å². The minimum Gasteiger partial charge on any atom is -0.360 e. The van der Waals surface area contributed by atoms with Crippen LogP contribution in [0.3, 0.4) is 0 Å². The monoisotopic (exact) mass is 398 g/mol. The molecule has 0 fully saturated rings. The van der Waals surface area contributed by atoms with E-state index in [2.05, 4.69) is 45.1 Å². The zero-order valence-electron chi connectivity index (χ0n) is 15.1. The molecule has 5 nitrogen and oxygen atoms in total. The molecule has 140 valence electrons. The van der Waals surface area contributed by atoms with Crippen LogP contribution in [0.4, 0.5) is 5.13 Å². The Morgan fingerprint density at radius 1 is 1.07 bits per heavy atom. The molecule has 2 N–H and O–H groups in total. The summed E-state index contributed by atoms with van der Waals surface area (Å²) in [5.74, 6) is 0.309. The van der Waals surface area contributed by atoms with E-state index in [-0.39, 0.29) is 11.9 Å². The zero-order chi connectivity index (χ0) is 18.9. The number of amides is 1. The number of carbonyl (C=O) groups is 1. The van der Waals surface area contributed by atoms with Crippen LogP contribution in [0, 0.1) is 0 Å². The van der Waals surface area contributed by atoms with E-state index in [1.165, 1.54) is 28.7 Å². The molecule has 0 spiro atoms. The highest BCUT2D eigenvalue weighted by Crippen LogP contribution is 2.25. The Morgan fingerprint density at radius 3 is 2.48 bits per heavy atom. The number of nitrogens with zero attached hydrogens (tertiary/aromatic N) is 2.